The van der Waals surface area contributed by atoms with E-state index < -0.39 is 0 Å². The summed E-state index contributed by atoms with van der Waals surface area (Å²) in [7, 11) is 0. The molecular weight excluding hydrogens is 240 g/mol. The van der Waals surface area contributed by atoms with Crippen LogP contribution in [0.3, 0.4) is 0 Å². The largest absolute Gasteiger partial charge is 0.338 e. The van der Waals surface area contributed by atoms with Crippen LogP contribution in [-0.2, 0) is 0 Å². The van der Waals surface area contributed by atoms with Crippen LogP contribution in [0, 0.1) is 23.2 Å². The highest BCUT2D eigenvalue weighted by molar-refractivity contribution is 5.94. The molecule has 0 unspecified atom stereocenters. The van der Waals surface area contributed by atoms with Crippen LogP contribution >= 0.6 is 0 Å². The number of hydrogen-bond donors (Lipinski definition) is 1. The molecule has 5 heteroatoms. The number of carbonyl (C=O) groups excluding carboxylic acids is 1. The van der Waals surface area contributed by atoms with Crippen molar-refractivity contribution in [3.8, 4) is 17.9 Å². The van der Waals surface area contributed by atoms with E-state index in [1.807, 2.05) is 13.0 Å². The predicted molar refractivity (Wildman–Crippen MR) is 72.0 cm³/mol. The first-order chi connectivity index (χ1) is 9.22. The summed E-state index contributed by atoms with van der Waals surface area (Å²) in [5, 5.41) is 8.57. The molecule has 0 saturated heterocycles. The van der Waals surface area contributed by atoms with Gasteiger partial charge < -0.3 is 10.6 Å². The maximum absolute atomic E-state index is 12.2. The van der Waals surface area contributed by atoms with Gasteiger partial charge in [0.1, 0.15) is 0 Å². The number of nitrogens with two attached hydrogens (primary N) is 1. The standard InChI is InChI=1S/C14H16N4O/c1-2-18(8-4-7-16)14(19)13-9-12(5-3-6-15)10-17-11-13/h9-11H,2,4,6,8,15H2,1H3. The van der Waals surface area contributed by atoms with Gasteiger partial charge in [-0.05, 0) is 13.0 Å². The van der Waals surface area contributed by atoms with Crippen molar-refractivity contribution < 1.29 is 4.79 Å². The van der Waals surface area contributed by atoms with Gasteiger partial charge in [0.2, 0.25) is 0 Å². The van der Waals surface area contributed by atoms with Gasteiger partial charge in [0, 0.05) is 31.0 Å². The Morgan fingerprint density at radius 2 is 2.32 bits per heavy atom. The van der Waals surface area contributed by atoms with Gasteiger partial charge in [-0.1, -0.05) is 11.8 Å². The lowest BCUT2D eigenvalue weighted by Gasteiger charge is -2.19. The summed E-state index contributed by atoms with van der Waals surface area (Å²) in [5.74, 6) is 5.42. The second-order valence-electron chi connectivity index (χ2n) is 3.76. The Bertz CT molecular complexity index is 536. The summed E-state index contributed by atoms with van der Waals surface area (Å²) >= 11 is 0. The second kappa shape index (κ2) is 7.86. The number of pyridine rings is 1. The van der Waals surface area contributed by atoms with Crippen molar-refractivity contribution in [3.05, 3.63) is 29.6 Å². The highest BCUT2D eigenvalue weighted by atomic mass is 16.2. The van der Waals surface area contributed by atoms with Gasteiger partial charge in [-0.2, -0.15) is 5.26 Å². The van der Waals surface area contributed by atoms with E-state index in [9.17, 15) is 4.79 Å². The fourth-order valence-electron chi connectivity index (χ4n) is 1.55. The number of nitrogens with zero attached hydrogens (tertiary/aromatic N) is 3. The summed E-state index contributed by atoms with van der Waals surface area (Å²) in [6.45, 7) is 3.12. The van der Waals surface area contributed by atoms with Gasteiger partial charge in [-0.3, -0.25) is 9.78 Å². The van der Waals surface area contributed by atoms with Crippen LogP contribution in [0.4, 0.5) is 0 Å². The van der Waals surface area contributed by atoms with E-state index in [0.29, 0.717) is 30.6 Å². The van der Waals surface area contributed by atoms with Crippen molar-refractivity contribution in [1.82, 2.24) is 9.88 Å². The quantitative estimate of drug-likeness (QED) is 0.806. The van der Waals surface area contributed by atoms with E-state index in [4.69, 9.17) is 11.0 Å². The lowest BCUT2D eigenvalue weighted by molar-refractivity contribution is 0.0767. The summed E-state index contributed by atoms with van der Waals surface area (Å²) in [6.07, 6.45) is 3.41. The zero-order valence-electron chi connectivity index (χ0n) is 10.9. The Morgan fingerprint density at radius 1 is 1.53 bits per heavy atom. The number of amides is 1. The Kier molecular flexibility index (Phi) is 6.08. The molecule has 19 heavy (non-hydrogen) atoms. The Labute approximate surface area is 113 Å². The van der Waals surface area contributed by atoms with Crippen molar-refractivity contribution in [2.24, 2.45) is 5.73 Å². The third-order valence-corrected chi connectivity index (χ3v) is 2.48. The molecule has 1 heterocycles. The summed E-state index contributed by atoms with van der Waals surface area (Å²) in [6, 6.07) is 3.72. The number of hydrogen-bond acceptors (Lipinski definition) is 4. The van der Waals surface area contributed by atoms with E-state index in [-0.39, 0.29) is 12.5 Å². The Balaban J connectivity index is 2.89. The molecule has 5 nitrogen and oxygen atoms in total. The van der Waals surface area contributed by atoms with E-state index in [1.165, 1.54) is 6.20 Å². The first-order valence-corrected chi connectivity index (χ1v) is 6.03. The van der Waals surface area contributed by atoms with Gasteiger partial charge in [0.25, 0.3) is 5.91 Å². The van der Waals surface area contributed by atoms with Crippen molar-refractivity contribution in [3.63, 3.8) is 0 Å². The number of nitriles is 1. The number of carbonyl (C=O) groups is 1. The zero-order valence-corrected chi connectivity index (χ0v) is 10.9. The zero-order chi connectivity index (χ0) is 14.1. The van der Waals surface area contributed by atoms with Gasteiger partial charge in [-0.15, -0.1) is 0 Å². The molecule has 0 radical (unpaired) electrons. The van der Waals surface area contributed by atoms with Crippen LogP contribution in [0.1, 0.15) is 29.3 Å². The summed E-state index contributed by atoms with van der Waals surface area (Å²) in [5.41, 5.74) is 6.43. The molecule has 1 rings (SSSR count). The minimum atomic E-state index is -0.137. The normalized spacial score (nSPS) is 9.11. The molecule has 0 atom stereocenters. The van der Waals surface area contributed by atoms with Gasteiger partial charge in [0.05, 0.1) is 24.6 Å². The van der Waals surface area contributed by atoms with Crippen molar-refractivity contribution >= 4 is 5.91 Å². The molecule has 1 amide bonds. The van der Waals surface area contributed by atoms with E-state index in [1.54, 1.807) is 17.2 Å². The summed E-state index contributed by atoms with van der Waals surface area (Å²) < 4.78 is 0. The fourth-order valence-corrected chi connectivity index (χ4v) is 1.55. The lowest BCUT2D eigenvalue weighted by Crippen LogP contribution is -2.31. The molecule has 0 spiro atoms. The molecule has 0 aliphatic rings. The lowest BCUT2D eigenvalue weighted by atomic mass is 10.2. The van der Waals surface area contributed by atoms with Crippen LogP contribution in [-0.4, -0.2) is 35.4 Å². The van der Waals surface area contributed by atoms with Crippen molar-refractivity contribution in [1.29, 1.82) is 5.26 Å². The topological polar surface area (TPSA) is 83.0 Å². The number of aromatic nitrogens is 1. The Morgan fingerprint density at radius 3 is 2.95 bits per heavy atom. The van der Waals surface area contributed by atoms with Gasteiger partial charge in [0.15, 0.2) is 0 Å². The monoisotopic (exact) mass is 256 g/mol. The SMILES string of the molecule is CCN(CCC#N)C(=O)c1cncc(C#CCN)c1. The van der Waals surface area contributed by atoms with Gasteiger partial charge in [-0.25, -0.2) is 0 Å². The predicted octanol–water partition coefficient (Wildman–Crippen LogP) is 0.768. The van der Waals surface area contributed by atoms with Crippen molar-refractivity contribution in [2.75, 3.05) is 19.6 Å². The minimum Gasteiger partial charge on any atom is -0.338 e. The third kappa shape index (κ3) is 4.42. The molecule has 0 fully saturated rings. The van der Waals surface area contributed by atoms with E-state index >= 15 is 0 Å². The highest BCUT2D eigenvalue weighted by Gasteiger charge is 2.14. The molecule has 2 N–H and O–H groups in total. The third-order valence-electron chi connectivity index (χ3n) is 2.48. The van der Waals surface area contributed by atoms with Crippen LogP contribution in [0.5, 0.6) is 0 Å². The summed E-state index contributed by atoms with van der Waals surface area (Å²) in [4.78, 5) is 17.8. The molecule has 1 aromatic rings. The second-order valence-corrected chi connectivity index (χ2v) is 3.76. The van der Waals surface area contributed by atoms with Crippen molar-refractivity contribution in [2.45, 2.75) is 13.3 Å². The maximum Gasteiger partial charge on any atom is 0.255 e. The van der Waals surface area contributed by atoms with Crippen LogP contribution in [0.25, 0.3) is 0 Å². The van der Waals surface area contributed by atoms with Crippen LogP contribution in [0.2, 0.25) is 0 Å². The molecule has 0 aromatic carbocycles. The molecule has 1 aromatic heterocycles. The first-order valence-electron chi connectivity index (χ1n) is 6.03. The molecular formula is C14H16N4O. The molecule has 0 aliphatic carbocycles. The highest BCUT2D eigenvalue weighted by Crippen LogP contribution is 2.06. The fraction of sp³-hybridized carbons (Fsp3) is 0.357. The minimum absolute atomic E-state index is 0.137. The molecule has 0 bridgehead atoms. The average Bonchev–Trinajstić information content (AvgIpc) is 2.46. The smallest absolute Gasteiger partial charge is 0.255 e. The van der Waals surface area contributed by atoms with Gasteiger partial charge >= 0.3 is 0 Å². The Hall–Kier alpha value is -2.37. The molecule has 0 saturated carbocycles. The van der Waals surface area contributed by atoms with E-state index in [2.05, 4.69) is 16.8 Å². The van der Waals surface area contributed by atoms with Crippen LogP contribution in [0.15, 0.2) is 18.5 Å². The first kappa shape index (κ1) is 14.7. The maximum atomic E-state index is 12.2. The average molecular weight is 256 g/mol. The van der Waals surface area contributed by atoms with E-state index in [0.717, 1.165) is 0 Å². The molecule has 0 aliphatic heterocycles. The number of rotatable bonds is 4. The molecule has 98 valence electrons. The van der Waals surface area contributed by atoms with Crippen LogP contribution < -0.4 is 5.73 Å².